The first-order valence-electron chi connectivity index (χ1n) is 9.86. The molecule has 2 saturated heterocycles. The fourth-order valence-corrected chi connectivity index (χ4v) is 4.03. The number of anilines is 2. The van der Waals surface area contributed by atoms with Gasteiger partial charge in [0.15, 0.2) is 0 Å². The van der Waals surface area contributed by atoms with E-state index in [1.807, 2.05) is 4.90 Å². The molecule has 0 spiro atoms. The largest absolute Gasteiger partial charge is 0.381 e. The van der Waals surface area contributed by atoms with Crippen molar-refractivity contribution >= 4 is 17.3 Å². The number of hydrogen-bond acceptors (Lipinski definition) is 4. The number of hydrogen-bond donors (Lipinski definition) is 1. The standard InChI is InChI=1S/C22H24F2N2O3/c23-17-3-1-16(2-4-17)22(7-11-28-12-8-22)21(27)25-18-5-6-20(19(24)15-18)26-9-13-29-14-10-26/h1-6,15H,7-14H2,(H,25,27). The summed E-state index contributed by atoms with van der Waals surface area (Å²) >= 11 is 0. The Morgan fingerprint density at radius 3 is 2.24 bits per heavy atom. The Morgan fingerprint density at radius 1 is 0.931 bits per heavy atom. The summed E-state index contributed by atoms with van der Waals surface area (Å²) < 4.78 is 38.8. The van der Waals surface area contributed by atoms with Crippen LogP contribution in [-0.4, -0.2) is 45.4 Å². The van der Waals surface area contributed by atoms with Gasteiger partial charge in [0.1, 0.15) is 11.6 Å². The molecule has 2 aliphatic rings. The van der Waals surface area contributed by atoms with Crippen molar-refractivity contribution < 1.29 is 23.0 Å². The highest BCUT2D eigenvalue weighted by Gasteiger charge is 2.41. The molecule has 0 unspecified atom stereocenters. The van der Waals surface area contributed by atoms with Gasteiger partial charge in [-0.1, -0.05) is 12.1 Å². The van der Waals surface area contributed by atoms with Gasteiger partial charge in [0.25, 0.3) is 0 Å². The van der Waals surface area contributed by atoms with Gasteiger partial charge in [-0.25, -0.2) is 8.78 Å². The molecule has 1 N–H and O–H groups in total. The van der Waals surface area contributed by atoms with Crippen molar-refractivity contribution in [2.45, 2.75) is 18.3 Å². The van der Waals surface area contributed by atoms with Crippen LogP contribution in [0.2, 0.25) is 0 Å². The van der Waals surface area contributed by atoms with Gasteiger partial charge in [-0.3, -0.25) is 4.79 Å². The Bertz CT molecular complexity index is 861. The molecule has 1 amide bonds. The number of amides is 1. The van der Waals surface area contributed by atoms with Crippen molar-refractivity contribution in [1.29, 1.82) is 0 Å². The van der Waals surface area contributed by atoms with Gasteiger partial charge in [0.05, 0.1) is 24.3 Å². The van der Waals surface area contributed by atoms with E-state index in [0.29, 0.717) is 63.7 Å². The van der Waals surface area contributed by atoms with Crippen LogP contribution in [0.1, 0.15) is 18.4 Å². The van der Waals surface area contributed by atoms with Crippen LogP contribution < -0.4 is 10.2 Å². The second kappa shape index (κ2) is 8.47. The predicted molar refractivity (Wildman–Crippen MR) is 106 cm³/mol. The van der Waals surface area contributed by atoms with E-state index in [1.165, 1.54) is 18.2 Å². The van der Waals surface area contributed by atoms with Crippen molar-refractivity contribution in [2.24, 2.45) is 0 Å². The zero-order chi connectivity index (χ0) is 20.3. The van der Waals surface area contributed by atoms with E-state index in [0.717, 1.165) is 5.56 Å². The Labute approximate surface area is 168 Å². The second-order valence-corrected chi connectivity index (χ2v) is 7.42. The maximum absolute atomic E-state index is 14.7. The third-order valence-corrected chi connectivity index (χ3v) is 5.74. The zero-order valence-electron chi connectivity index (χ0n) is 16.1. The number of morpholine rings is 1. The van der Waals surface area contributed by atoms with E-state index in [-0.39, 0.29) is 17.5 Å². The lowest BCUT2D eigenvalue weighted by atomic mass is 9.73. The number of halogens is 2. The molecule has 5 nitrogen and oxygen atoms in total. The fourth-order valence-electron chi connectivity index (χ4n) is 4.03. The second-order valence-electron chi connectivity index (χ2n) is 7.42. The van der Waals surface area contributed by atoms with E-state index in [2.05, 4.69) is 5.32 Å². The van der Waals surface area contributed by atoms with Gasteiger partial charge in [0, 0.05) is 32.0 Å². The molecule has 0 aromatic heterocycles. The lowest BCUT2D eigenvalue weighted by Crippen LogP contribution is -2.44. The maximum atomic E-state index is 14.7. The van der Waals surface area contributed by atoms with Gasteiger partial charge >= 0.3 is 0 Å². The quantitative estimate of drug-likeness (QED) is 0.851. The summed E-state index contributed by atoms with van der Waals surface area (Å²) in [4.78, 5) is 15.2. The van der Waals surface area contributed by atoms with Crippen molar-refractivity contribution in [3.8, 4) is 0 Å². The molecule has 29 heavy (non-hydrogen) atoms. The van der Waals surface area contributed by atoms with Crippen molar-refractivity contribution in [1.82, 2.24) is 0 Å². The van der Waals surface area contributed by atoms with Crippen LogP contribution in [0.15, 0.2) is 42.5 Å². The van der Waals surface area contributed by atoms with Crippen LogP contribution in [0, 0.1) is 11.6 Å². The SMILES string of the molecule is O=C(Nc1ccc(N2CCOCC2)c(F)c1)C1(c2ccc(F)cc2)CCOCC1. The number of carbonyl (C=O) groups is 1. The molecule has 0 atom stereocenters. The first-order valence-corrected chi connectivity index (χ1v) is 9.86. The molecular weight excluding hydrogens is 378 g/mol. The predicted octanol–water partition coefficient (Wildman–Crippen LogP) is 3.49. The number of benzene rings is 2. The lowest BCUT2D eigenvalue weighted by Gasteiger charge is -2.36. The number of ether oxygens (including phenoxy) is 2. The van der Waals surface area contributed by atoms with Gasteiger partial charge in [0.2, 0.25) is 5.91 Å². The molecule has 4 rings (SSSR count). The molecule has 0 aliphatic carbocycles. The number of rotatable bonds is 4. The third kappa shape index (κ3) is 4.11. The van der Waals surface area contributed by atoms with Crippen molar-refractivity contribution in [3.63, 3.8) is 0 Å². The van der Waals surface area contributed by atoms with E-state index in [1.54, 1.807) is 24.3 Å². The molecule has 0 radical (unpaired) electrons. The minimum atomic E-state index is -0.828. The highest BCUT2D eigenvalue weighted by molar-refractivity contribution is 5.99. The van der Waals surface area contributed by atoms with Crippen LogP contribution in [0.25, 0.3) is 0 Å². The molecular formula is C22H24F2N2O3. The van der Waals surface area contributed by atoms with Crippen LogP contribution in [0.3, 0.4) is 0 Å². The Hall–Kier alpha value is -2.51. The van der Waals surface area contributed by atoms with Crippen molar-refractivity contribution in [2.75, 3.05) is 49.7 Å². The molecule has 7 heteroatoms. The van der Waals surface area contributed by atoms with Crippen molar-refractivity contribution in [3.05, 3.63) is 59.7 Å². The summed E-state index contributed by atoms with van der Waals surface area (Å²) in [6.07, 6.45) is 0.970. The first kappa shape index (κ1) is 19.8. The lowest BCUT2D eigenvalue weighted by molar-refractivity contribution is -0.125. The van der Waals surface area contributed by atoms with Crippen LogP contribution in [0.4, 0.5) is 20.2 Å². The molecule has 154 valence electrons. The van der Waals surface area contributed by atoms with Crippen LogP contribution >= 0.6 is 0 Å². The minimum absolute atomic E-state index is 0.231. The number of nitrogens with zero attached hydrogens (tertiary/aromatic N) is 1. The van der Waals surface area contributed by atoms with E-state index in [4.69, 9.17) is 9.47 Å². The molecule has 2 fully saturated rings. The highest BCUT2D eigenvalue weighted by Crippen LogP contribution is 2.36. The van der Waals surface area contributed by atoms with Crippen LogP contribution in [-0.2, 0) is 19.7 Å². The topological polar surface area (TPSA) is 50.8 Å². The number of nitrogens with one attached hydrogen (secondary N) is 1. The average Bonchev–Trinajstić information content (AvgIpc) is 2.75. The van der Waals surface area contributed by atoms with E-state index >= 15 is 0 Å². The average molecular weight is 402 g/mol. The normalized spacial score (nSPS) is 19.0. The Morgan fingerprint density at radius 2 is 1.59 bits per heavy atom. The summed E-state index contributed by atoms with van der Waals surface area (Å²) in [6, 6.07) is 10.7. The first-order chi connectivity index (χ1) is 14.1. The van der Waals surface area contributed by atoms with E-state index < -0.39 is 5.41 Å². The molecule has 0 bridgehead atoms. The maximum Gasteiger partial charge on any atom is 0.235 e. The molecule has 2 aromatic carbocycles. The molecule has 2 aliphatic heterocycles. The summed E-state index contributed by atoms with van der Waals surface area (Å²) in [5.74, 6) is -0.962. The van der Waals surface area contributed by atoms with Gasteiger partial charge in [-0.05, 0) is 48.7 Å². The zero-order valence-corrected chi connectivity index (χ0v) is 16.1. The number of carbonyl (C=O) groups excluding carboxylic acids is 1. The summed E-state index contributed by atoms with van der Waals surface area (Å²) in [5, 5.41) is 2.87. The molecule has 2 aromatic rings. The molecule has 2 heterocycles. The van der Waals surface area contributed by atoms with Gasteiger partial charge in [-0.15, -0.1) is 0 Å². The minimum Gasteiger partial charge on any atom is -0.381 e. The van der Waals surface area contributed by atoms with E-state index in [9.17, 15) is 13.6 Å². The summed E-state index contributed by atoms with van der Waals surface area (Å²) in [7, 11) is 0. The Kier molecular flexibility index (Phi) is 5.78. The third-order valence-electron chi connectivity index (χ3n) is 5.74. The van der Waals surface area contributed by atoms with Crippen LogP contribution in [0.5, 0.6) is 0 Å². The summed E-state index contributed by atoms with van der Waals surface area (Å²) in [6.45, 7) is 3.29. The smallest absolute Gasteiger partial charge is 0.235 e. The highest BCUT2D eigenvalue weighted by atomic mass is 19.1. The fraction of sp³-hybridized carbons (Fsp3) is 0.409. The van der Waals surface area contributed by atoms with Gasteiger partial charge < -0.3 is 19.7 Å². The Balaban J connectivity index is 1.56. The molecule has 0 saturated carbocycles. The summed E-state index contributed by atoms with van der Waals surface area (Å²) in [5.41, 5.74) is 0.818. The monoisotopic (exact) mass is 402 g/mol. The van der Waals surface area contributed by atoms with Gasteiger partial charge in [-0.2, -0.15) is 0 Å².